The molecule has 0 saturated heterocycles. The van der Waals surface area contributed by atoms with E-state index >= 15 is 0 Å². The maximum atomic E-state index is 12.7. The molecule has 2 N–H and O–H groups in total. The van der Waals surface area contributed by atoms with Crippen LogP contribution in [0.25, 0.3) is 0 Å². The Morgan fingerprint density at radius 3 is 2.40 bits per heavy atom. The lowest BCUT2D eigenvalue weighted by molar-refractivity contribution is 0.102. The van der Waals surface area contributed by atoms with Gasteiger partial charge >= 0.3 is 0 Å². The van der Waals surface area contributed by atoms with Crippen molar-refractivity contribution in [2.45, 2.75) is 6.92 Å². The van der Waals surface area contributed by atoms with Crippen LogP contribution in [0.2, 0.25) is 0 Å². The average molecular weight is 339 g/mol. The molecule has 1 aromatic carbocycles. The van der Waals surface area contributed by atoms with Gasteiger partial charge in [0, 0.05) is 29.6 Å². The Kier molecular flexibility index (Phi) is 4.60. The summed E-state index contributed by atoms with van der Waals surface area (Å²) in [6.45, 7) is 1.89. The van der Waals surface area contributed by atoms with E-state index in [1.807, 2.05) is 13.0 Å². The lowest BCUT2D eigenvalue weighted by Crippen LogP contribution is -2.09. The van der Waals surface area contributed by atoms with Crippen LogP contribution >= 0.6 is 0 Å². The summed E-state index contributed by atoms with van der Waals surface area (Å²) in [7, 11) is 3.05. The van der Waals surface area contributed by atoms with E-state index in [1.165, 1.54) is 20.4 Å². The molecule has 25 heavy (non-hydrogen) atoms. The molecule has 0 unspecified atom stereocenters. The largest absolute Gasteiger partial charge is 0.497 e. The van der Waals surface area contributed by atoms with E-state index in [4.69, 9.17) is 9.47 Å². The van der Waals surface area contributed by atoms with Crippen molar-refractivity contribution >= 4 is 17.4 Å². The molecule has 3 rings (SSSR count). The molecule has 8 nitrogen and oxygen atoms in total. The molecule has 0 fully saturated rings. The lowest BCUT2D eigenvalue weighted by Gasteiger charge is -2.08. The molecule has 0 atom stereocenters. The van der Waals surface area contributed by atoms with Crippen LogP contribution in [0.15, 0.2) is 36.5 Å². The molecular weight excluding hydrogens is 322 g/mol. The first kappa shape index (κ1) is 16.4. The fraction of sp³-hybridized carbons (Fsp3) is 0.176. The highest BCUT2D eigenvalue weighted by atomic mass is 16.5. The van der Waals surface area contributed by atoms with Crippen LogP contribution in [0.3, 0.4) is 0 Å². The Hall–Kier alpha value is -3.42. The fourth-order valence-corrected chi connectivity index (χ4v) is 2.22. The number of aromatic nitrogens is 4. The molecule has 8 heteroatoms. The van der Waals surface area contributed by atoms with Crippen LogP contribution in [-0.2, 0) is 0 Å². The fourth-order valence-electron chi connectivity index (χ4n) is 2.22. The number of H-pyrrole nitrogens is 1. The molecule has 0 aliphatic carbocycles. The van der Waals surface area contributed by atoms with Gasteiger partial charge in [0.2, 0.25) is 11.6 Å². The number of ketones is 1. The maximum Gasteiger partial charge on any atom is 0.230 e. The van der Waals surface area contributed by atoms with E-state index in [0.717, 1.165) is 5.69 Å². The number of benzene rings is 1. The van der Waals surface area contributed by atoms with Gasteiger partial charge in [-0.25, -0.2) is 9.97 Å². The zero-order chi connectivity index (χ0) is 17.8. The van der Waals surface area contributed by atoms with Crippen molar-refractivity contribution in [3.63, 3.8) is 0 Å². The molecule has 0 amide bonds. The number of ether oxygens (including phenoxy) is 2. The molecule has 0 bridgehead atoms. The van der Waals surface area contributed by atoms with Gasteiger partial charge in [-0.2, -0.15) is 5.10 Å². The number of nitrogens with zero attached hydrogens (tertiary/aromatic N) is 3. The number of carbonyl (C=O) groups is 1. The summed E-state index contributed by atoms with van der Waals surface area (Å²) in [6.07, 6.45) is 1.51. The molecule has 0 radical (unpaired) electrons. The Morgan fingerprint density at radius 1 is 1.08 bits per heavy atom. The number of aromatic amines is 1. The van der Waals surface area contributed by atoms with Gasteiger partial charge in [-0.15, -0.1) is 0 Å². The van der Waals surface area contributed by atoms with E-state index in [9.17, 15) is 4.79 Å². The summed E-state index contributed by atoms with van der Waals surface area (Å²) in [5.41, 5.74) is 1.29. The van der Waals surface area contributed by atoms with Crippen LogP contribution in [0.4, 0.5) is 11.6 Å². The van der Waals surface area contributed by atoms with Gasteiger partial charge in [0.1, 0.15) is 17.3 Å². The van der Waals surface area contributed by atoms with Crippen molar-refractivity contribution in [1.82, 2.24) is 20.2 Å². The summed E-state index contributed by atoms with van der Waals surface area (Å²) in [6, 6.07) is 8.41. The van der Waals surface area contributed by atoms with Crippen molar-refractivity contribution < 1.29 is 14.3 Å². The first-order valence-corrected chi connectivity index (χ1v) is 7.49. The topological polar surface area (TPSA) is 102 Å². The molecule has 0 spiro atoms. The van der Waals surface area contributed by atoms with Crippen molar-refractivity contribution in [3.8, 4) is 11.5 Å². The van der Waals surface area contributed by atoms with Crippen molar-refractivity contribution in [3.05, 3.63) is 53.6 Å². The quantitative estimate of drug-likeness (QED) is 0.665. The van der Waals surface area contributed by atoms with Gasteiger partial charge in [0.15, 0.2) is 5.82 Å². The zero-order valence-electron chi connectivity index (χ0n) is 14.0. The highest BCUT2D eigenvalue weighted by Crippen LogP contribution is 2.24. The molecule has 0 aliphatic rings. The van der Waals surface area contributed by atoms with Gasteiger partial charge in [0.05, 0.1) is 14.2 Å². The van der Waals surface area contributed by atoms with E-state index < -0.39 is 0 Å². The Bertz CT molecular complexity index is 885. The number of anilines is 2. The predicted molar refractivity (Wildman–Crippen MR) is 91.6 cm³/mol. The minimum Gasteiger partial charge on any atom is -0.497 e. The van der Waals surface area contributed by atoms with Crippen molar-refractivity contribution in [2.24, 2.45) is 0 Å². The van der Waals surface area contributed by atoms with Gasteiger partial charge in [0.25, 0.3) is 0 Å². The summed E-state index contributed by atoms with van der Waals surface area (Å²) in [5.74, 6) is 1.84. The van der Waals surface area contributed by atoms with E-state index in [2.05, 4.69) is 25.5 Å². The molecule has 0 saturated carbocycles. The summed E-state index contributed by atoms with van der Waals surface area (Å²) >= 11 is 0. The molecule has 0 aliphatic heterocycles. The number of aryl methyl sites for hydroxylation is 1. The van der Waals surface area contributed by atoms with Crippen molar-refractivity contribution in [2.75, 3.05) is 19.5 Å². The second-order valence-electron chi connectivity index (χ2n) is 5.26. The molecule has 3 aromatic rings. The predicted octanol–water partition coefficient (Wildman–Crippen LogP) is 2.50. The standard InChI is InChI=1S/C17H17N5O3/c1-10-6-15(22-21-10)19-14-4-5-18-17(20-14)16(23)11-7-12(24-2)9-13(8-11)25-3/h4-9H,1-3H3,(H2,18,19,20,21,22). The summed E-state index contributed by atoms with van der Waals surface area (Å²) in [4.78, 5) is 21.0. The summed E-state index contributed by atoms with van der Waals surface area (Å²) < 4.78 is 10.4. The third-order valence-corrected chi connectivity index (χ3v) is 3.43. The SMILES string of the molecule is COc1cc(OC)cc(C(=O)c2nccc(Nc3cc(C)[nH]n3)n2)c1. The number of rotatable bonds is 6. The zero-order valence-corrected chi connectivity index (χ0v) is 14.0. The highest BCUT2D eigenvalue weighted by molar-refractivity contribution is 6.07. The first-order chi connectivity index (χ1) is 12.1. The second-order valence-corrected chi connectivity index (χ2v) is 5.26. The van der Waals surface area contributed by atoms with Gasteiger partial charge in [-0.3, -0.25) is 9.89 Å². The number of hydrogen-bond acceptors (Lipinski definition) is 7. The molecule has 2 aromatic heterocycles. The Labute approximate surface area is 144 Å². The lowest BCUT2D eigenvalue weighted by atomic mass is 10.1. The molecule has 128 valence electrons. The van der Waals surface area contributed by atoms with Crippen LogP contribution in [-0.4, -0.2) is 40.2 Å². The average Bonchev–Trinajstić information content (AvgIpc) is 3.05. The number of nitrogens with one attached hydrogen (secondary N) is 2. The minimum atomic E-state index is -0.334. The van der Waals surface area contributed by atoms with Crippen LogP contribution in [0, 0.1) is 6.92 Å². The van der Waals surface area contributed by atoms with Crippen LogP contribution < -0.4 is 14.8 Å². The van der Waals surface area contributed by atoms with E-state index in [1.54, 1.807) is 24.3 Å². The number of methoxy groups -OCH3 is 2. The van der Waals surface area contributed by atoms with Crippen molar-refractivity contribution in [1.29, 1.82) is 0 Å². The number of carbonyl (C=O) groups excluding carboxylic acids is 1. The van der Waals surface area contributed by atoms with E-state index in [-0.39, 0.29) is 11.6 Å². The Morgan fingerprint density at radius 2 is 1.80 bits per heavy atom. The maximum absolute atomic E-state index is 12.7. The third kappa shape index (κ3) is 3.74. The summed E-state index contributed by atoms with van der Waals surface area (Å²) in [5, 5.41) is 9.92. The number of hydrogen-bond donors (Lipinski definition) is 2. The first-order valence-electron chi connectivity index (χ1n) is 7.49. The van der Waals surface area contributed by atoms with Gasteiger partial charge in [-0.1, -0.05) is 0 Å². The van der Waals surface area contributed by atoms with Gasteiger partial charge in [-0.05, 0) is 25.1 Å². The molecular formula is C17H17N5O3. The monoisotopic (exact) mass is 339 g/mol. The normalized spacial score (nSPS) is 10.4. The smallest absolute Gasteiger partial charge is 0.230 e. The van der Waals surface area contributed by atoms with E-state index in [0.29, 0.717) is 28.7 Å². The third-order valence-electron chi connectivity index (χ3n) is 3.43. The van der Waals surface area contributed by atoms with Crippen LogP contribution in [0.5, 0.6) is 11.5 Å². The molecule has 2 heterocycles. The second kappa shape index (κ2) is 7.00. The highest BCUT2D eigenvalue weighted by Gasteiger charge is 2.16. The van der Waals surface area contributed by atoms with Gasteiger partial charge < -0.3 is 14.8 Å². The minimum absolute atomic E-state index is 0.0626. The Balaban J connectivity index is 1.88. The van der Waals surface area contributed by atoms with Crippen LogP contribution in [0.1, 0.15) is 21.9 Å².